The molecular formula is C4H10FO2P. The summed E-state index contributed by atoms with van der Waals surface area (Å²) >= 11 is 0. The van der Waals surface area contributed by atoms with Gasteiger partial charge < -0.3 is 4.52 Å². The van der Waals surface area contributed by atoms with Crippen LogP contribution >= 0.6 is 7.68 Å². The van der Waals surface area contributed by atoms with Crippen molar-refractivity contribution in [3.05, 3.63) is 0 Å². The Morgan fingerprint density at radius 3 is 2.00 bits per heavy atom. The van der Waals surface area contributed by atoms with Gasteiger partial charge in [0.1, 0.15) is 0 Å². The molecule has 0 bridgehead atoms. The lowest BCUT2D eigenvalue weighted by molar-refractivity contribution is 0.227. The van der Waals surface area contributed by atoms with Crippen LogP contribution in [0.3, 0.4) is 0 Å². The summed E-state index contributed by atoms with van der Waals surface area (Å²) in [7, 11) is -3.72. The predicted octanol–water partition coefficient (Wildman–Crippen LogP) is 2.20. The summed E-state index contributed by atoms with van der Waals surface area (Å²) in [6, 6.07) is 0. The summed E-state index contributed by atoms with van der Waals surface area (Å²) in [4.78, 5) is 0. The highest BCUT2D eigenvalue weighted by molar-refractivity contribution is 7.52. The zero-order valence-corrected chi connectivity index (χ0v) is 6.11. The summed E-state index contributed by atoms with van der Waals surface area (Å²) in [5, 5.41) is 0. The molecule has 0 rings (SSSR count). The fourth-order valence-corrected chi connectivity index (χ4v) is 1.13. The minimum absolute atomic E-state index is 0.296. The molecule has 0 heterocycles. The van der Waals surface area contributed by atoms with Crippen molar-refractivity contribution in [2.24, 2.45) is 0 Å². The largest absolute Gasteiger partial charge is 0.364 e. The van der Waals surface area contributed by atoms with Gasteiger partial charge in [0, 0.05) is 6.66 Å². The molecule has 0 radical (unpaired) electrons. The van der Waals surface area contributed by atoms with Crippen molar-refractivity contribution in [3.8, 4) is 0 Å². The Morgan fingerprint density at radius 1 is 1.62 bits per heavy atom. The molecule has 0 aromatic rings. The lowest BCUT2D eigenvalue weighted by Gasteiger charge is -2.06. The van der Waals surface area contributed by atoms with E-state index in [0.29, 0.717) is 0 Å². The van der Waals surface area contributed by atoms with Crippen LogP contribution in [-0.2, 0) is 9.09 Å². The summed E-state index contributed by atoms with van der Waals surface area (Å²) < 4.78 is 26.4. The lowest BCUT2D eigenvalue weighted by atomic mass is 9.90. The fourth-order valence-electron chi connectivity index (χ4n) is 0.377. The maximum absolute atomic E-state index is 12.0. The summed E-state index contributed by atoms with van der Waals surface area (Å²) in [6.45, 7) is 4.22. The molecule has 0 aliphatic heterocycles. The van der Waals surface area contributed by atoms with Gasteiger partial charge in [-0.3, -0.25) is 4.57 Å². The lowest BCUT2D eigenvalue weighted by Crippen LogP contribution is -1.96. The molecule has 0 aromatic heterocycles. The molecule has 50 valence electrons. The standard InChI is InChI=1S/C4H10FO2P/c1-4(2)7-8(3,5)6/h4H,1-3H3/i4-1. The minimum Gasteiger partial charge on any atom is -0.303 e. The molecule has 8 heavy (non-hydrogen) atoms. The highest BCUT2D eigenvalue weighted by atomic mass is 31.2. The Kier molecular flexibility index (Phi) is 2.64. The maximum Gasteiger partial charge on any atom is 0.364 e. The number of rotatable bonds is 2. The van der Waals surface area contributed by atoms with Crippen LogP contribution in [-0.4, -0.2) is 12.8 Å². The van der Waals surface area contributed by atoms with Gasteiger partial charge in [0.25, 0.3) is 0 Å². The monoisotopic (exact) mass is 139 g/mol. The van der Waals surface area contributed by atoms with Crippen molar-refractivity contribution in [1.82, 2.24) is 0 Å². The Hall–Kier alpha value is 0.120. The van der Waals surface area contributed by atoms with Crippen molar-refractivity contribution in [1.29, 1.82) is 0 Å². The van der Waals surface area contributed by atoms with Gasteiger partial charge in [-0.2, -0.15) is 4.20 Å². The van der Waals surface area contributed by atoms with Crippen LogP contribution in [0.25, 0.3) is 0 Å². The molecule has 0 N–H and O–H groups in total. The van der Waals surface area contributed by atoms with E-state index in [-0.39, 0.29) is 6.10 Å². The van der Waals surface area contributed by atoms with E-state index in [1.807, 2.05) is 0 Å². The van der Waals surface area contributed by atoms with Gasteiger partial charge in [-0.1, -0.05) is 0 Å². The van der Waals surface area contributed by atoms with Gasteiger partial charge in [-0.15, -0.1) is 0 Å². The molecule has 0 aliphatic carbocycles. The molecule has 1 atom stereocenters. The molecular weight excluding hydrogens is 129 g/mol. The van der Waals surface area contributed by atoms with Crippen LogP contribution in [0.2, 0.25) is 0 Å². The molecule has 4 heteroatoms. The maximum atomic E-state index is 12.0. The smallest absolute Gasteiger partial charge is 0.303 e. The number of hydrogen-bond donors (Lipinski definition) is 0. The minimum atomic E-state index is -3.72. The van der Waals surface area contributed by atoms with E-state index >= 15 is 0 Å². The normalized spacial score (nSPS) is 18.6. The second kappa shape index (κ2) is 2.60. The van der Waals surface area contributed by atoms with E-state index < -0.39 is 7.68 Å². The molecule has 0 fully saturated rings. The van der Waals surface area contributed by atoms with E-state index in [9.17, 15) is 8.76 Å². The molecule has 0 aromatic carbocycles. The van der Waals surface area contributed by atoms with Crippen LogP contribution in [0, 0.1) is 0 Å². The molecule has 0 saturated heterocycles. The van der Waals surface area contributed by atoms with Gasteiger partial charge >= 0.3 is 7.68 Å². The SMILES string of the molecule is C[11CH](C)OP(C)(=O)F. The molecule has 0 amide bonds. The molecule has 0 aliphatic rings. The molecule has 0 saturated carbocycles. The van der Waals surface area contributed by atoms with Crippen LogP contribution in [0.4, 0.5) is 4.20 Å². The summed E-state index contributed by atoms with van der Waals surface area (Å²) in [5.41, 5.74) is 0. The Balaban J connectivity index is 3.56. The van der Waals surface area contributed by atoms with Gasteiger partial charge in [0.15, 0.2) is 0 Å². The van der Waals surface area contributed by atoms with Crippen LogP contribution in [0.15, 0.2) is 0 Å². The van der Waals surface area contributed by atoms with Crippen molar-refractivity contribution in [2.45, 2.75) is 20.0 Å². The third-order valence-corrected chi connectivity index (χ3v) is 1.20. The first kappa shape index (κ1) is 8.12. The first-order valence-electron chi connectivity index (χ1n) is 2.37. The zero-order valence-electron chi connectivity index (χ0n) is 5.22. The summed E-state index contributed by atoms with van der Waals surface area (Å²) in [5.74, 6) is 0. The Morgan fingerprint density at radius 2 is 2.00 bits per heavy atom. The van der Waals surface area contributed by atoms with E-state index in [4.69, 9.17) is 0 Å². The van der Waals surface area contributed by atoms with Crippen molar-refractivity contribution in [2.75, 3.05) is 6.66 Å². The third kappa shape index (κ3) is 6.12. The highest BCUT2D eigenvalue weighted by Crippen LogP contribution is 2.44. The predicted molar refractivity (Wildman–Crippen MR) is 30.9 cm³/mol. The van der Waals surface area contributed by atoms with Crippen LogP contribution in [0.5, 0.6) is 0 Å². The first-order valence-corrected chi connectivity index (χ1v) is 4.33. The Labute approximate surface area is 48.6 Å². The van der Waals surface area contributed by atoms with E-state index in [0.717, 1.165) is 6.66 Å². The van der Waals surface area contributed by atoms with E-state index in [1.165, 1.54) is 0 Å². The summed E-state index contributed by atoms with van der Waals surface area (Å²) in [6.07, 6.45) is -0.296. The van der Waals surface area contributed by atoms with Crippen molar-refractivity contribution < 1.29 is 13.3 Å². The molecule has 2 nitrogen and oxygen atoms in total. The molecule has 0 spiro atoms. The third-order valence-electron chi connectivity index (χ3n) is 0.399. The van der Waals surface area contributed by atoms with Crippen molar-refractivity contribution in [3.63, 3.8) is 0 Å². The molecule has 1 unspecified atom stereocenters. The van der Waals surface area contributed by atoms with Gasteiger partial charge in [0.2, 0.25) is 0 Å². The van der Waals surface area contributed by atoms with Gasteiger partial charge in [-0.05, 0) is 13.8 Å². The fraction of sp³-hybridized carbons (Fsp3) is 1.00. The number of halogens is 1. The number of hydrogen-bond acceptors (Lipinski definition) is 2. The second-order valence-corrected chi connectivity index (χ2v) is 3.61. The first-order chi connectivity index (χ1) is 3.42. The van der Waals surface area contributed by atoms with Gasteiger partial charge in [0.05, 0.1) is 6.10 Å². The topological polar surface area (TPSA) is 26.3 Å². The average molecular weight is 139 g/mol. The quantitative estimate of drug-likeness (QED) is 0.548. The van der Waals surface area contributed by atoms with E-state index in [2.05, 4.69) is 4.52 Å². The van der Waals surface area contributed by atoms with Crippen molar-refractivity contribution >= 4 is 7.68 Å². The van der Waals surface area contributed by atoms with Gasteiger partial charge in [-0.25, -0.2) is 0 Å². The van der Waals surface area contributed by atoms with Crippen LogP contribution in [0.1, 0.15) is 13.8 Å². The zero-order chi connectivity index (χ0) is 6.78. The second-order valence-electron chi connectivity index (χ2n) is 1.90. The Bertz CT molecular complexity index is 107. The highest BCUT2D eigenvalue weighted by Gasteiger charge is 2.13. The van der Waals surface area contributed by atoms with E-state index in [1.54, 1.807) is 13.8 Å². The van der Waals surface area contributed by atoms with Crippen LogP contribution < -0.4 is 0 Å². The average Bonchev–Trinajstić information content (AvgIpc) is 1.21.